The molecule has 162 valence electrons. The van der Waals surface area contributed by atoms with Gasteiger partial charge in [0.05, 0.1) is 28.0 Å². The molecule has 0 radical (unpaired) electrons. The second-order valence-electron chi connectivity index (χ2n) is 7.40. The van der Waals surface area contributed by atoms with Crippen LogP contribution in [-0.4, -0.2) is 47.3 Å². The molecule has 4 rings (SSSR count). The zero-order valence-corrected chi connectivity index (χ0v) is 18.9. The standard InChI is InChI=1S/C21H20Cl2N4O3S/c1-26-12-19(24-13-26)31(29,30)27-10-16(14-6-3-2-4-7-14)18(11-27)25-21(28)15-8-5-9-17(22)20(15)23/h2-9,12-13,16,18H,10-11H2,1H3,(H,25,28). The van der Waals surface area contributed by atoms with Crippen LogP contribution in [0, 0.1) is 0 Å². The van der Waals surface area contributed by atoms with Gasteiger partial charge in [-0.1, -0.05) is 59.6 Å². The number of halogens is 2. The van der Waals surface area contributed by atoms with Crippen molar-refractivity contribution < 1.29 is 13.2 Å². The highest BCUT2D eigenvalue weighted by atomic mass is 35.5. The van der Waals surface area contributed by atoms with Crippen LogP contribution in [0.2, 0.25) is 10.0 Å². The Balaban J connectivity index is 1.64. The number of hydrogen-bond donors (Lipinski definition) is 1. The predicted molar refractivity (Wildman–Crippen MR) is 119 cm³/mol. The molecule has 10 heteroatoms. The van der Waals surface area contributed by atoms with Crippen LogP contribution in [-0.2, 0) is 17.1 Å². The first-order valence-corrected chi connectivity index (χ1v) is 11.7. The third kappa shape index (κ3) is 4.34. The lowest BCUT2D eigenvalue weighted by Gasteiger charge is -2.20. The molecule has 0 aliphatic carbocycles. The summed E-state index contributed by atoms with van der Waals surface area (Å²) in [5, 5.41) is 3.37. The van der Waals surface area contributed by atoms with E-state index in [2.05, 4.69) is 10.3 Å². The number of amides is 1. The van der Waals surface area contributed by atoms with Gasteiger partial charge in [-0.3, -0.25) is 4.79 Å². The second-order valence-corrected chi connectivity index (χ2v) is 10.1. The Bertz CT molecular complexity index is 1210. The van der Waals surface area contributed by atoms with Crippen molar-refractivity contribution in [1.29, 1.82) is 0 Å². The lowest BCUT2D eigenvalue weighted by Crippen LogP contribution is -2.40. The van der Waals surface area contributed by atoms with Gasteiger partial charge in [-0.15, -0.1) is 0 Å². The fourth-order valence-corrected chi connectivity index (χ4v) is 5.57. The summed E-state index contributed by atoms with van der Waals surface area (Å²) < 4.78 is 29.2. The van der Waals surface area contributed by atoms with Crippen molar-refractivity contribution >= 4 is 39.1 Å². The van der Waals surface area contributed by atoms with Crippen molar-refractivity contribution in [2.75, 3.05) is 13.1 Å². The van der Waals surface area contributed by atoms with E-state index in [9.17, 15) is 13.2 Å². The summed E-state index contributed by atoms with van der Waals surface area (Å²) in [6.45, 7) is 0.333. The summed E-state index contributed by atoms with van der Waals surface area (Å²) in [4.78, 5) is 16.9. The molecule has 2 aromatic carbocycles. The maximum absolute atomic E-state index is 13.1. The minimum atomic E-state index is -3.80. The minimum Gasteiger partial charge on any atom is -0.347 e. The molecule has 0 bridgehead atoms. The Labute approximate surface area is 190 Å². The van der Waals surface area contributed by atoms with Crippen LogP contribution in [0.15, 0.2) is 66.1 Å². The van der Waals surface area contributed by atoms with Gasteiger partial charge in [0.1, 0.15) is 0 Å². The number of nitrogens with zero attached hydrogens (tertiary/aromatic N) is 3. The topological polar surface area (TPSA) is 84.3 Å². The van der Waals surface area contributed by atoms with E-state index in [0.717, 1.165) is 5.56 Å². The van der Waals surface area contributed by atoms with E-state index in [-0.39, 0.29) is 39.6 Å². The molecule has 0 spiro atoms. The number of rotatable bonds is 5. The number of benzene rings is 2. The number of aryl methyl sites for hydroxylation is 1. The van der Waals surface area contributed by atoms with Gasteiger partial charge in [0, 0.05) is 32.3 Å². The number of hydrogen-bond acceptors (Lipinski definition) is 4. The van der Waals surface area contributed by atoms with E-state index in [0.29, 0.717) is 0 Å². The molecule has 0 saturated carbocycles. The molecule has 2 unspecified atom stereocenters. The van der Waals surface area contributed by atoms with Gasteiger partial charge in [-0.25, -0.2) is 13.4 Å². The van der Waals surface area contributed by atoms with Gasteiger partial charge in [0.2, 0.25) is 0 Å². The third-order valence-electron chi connectivity index (χ3n) is 5.31. The second kappa shape index (κ2) is 8.63. The van der Waals surface area contributed by atoms with Gasteiger partial charge < -0.3 is 9.88 Å². The van der Waals surface area contributed by atoms with Crippen LogP contribution in [0.1, 0.15) is 21.8 Å². The summed E-state index contributed by atoms with van der Waals surface area (Å²) in [6.07, 6.45) is 2.91. The minimum absolute atomic E-state index is 0.0216. The highest BCUT2D eigenvalue weighted by molar-refractivity contribution is 7.89. The Hall–Kier alpha value is -2.39. The Kier molecular flexibility index (Phi) is 6.07. The van der Waals surface area contributed by atoms with Crippen molar-refractivity contribution in [3.05, 3.63) is 82.2 Å². The lowest BCUT2D eigenvalue weighted by atomic mass is 9.94. The van der Waals surface area contributed by atoms with Crippen molar-refractivity contribution in [3.63, 3.8) is 0 Å². The van der Waals surface area contributed by atoms with E-state index in [4.69, 9.17) is 23.2 Å². The van der Waals surface area contributed by atoms with E-state index >= 15 is 0 Å². The van der Waals surface area contributed by atoms with Gasteiger partial charge >= 0.3 is 0 Å². The molecular weight excluding hydrogens is 459 g/mol. The normalized spacial score (nSPS) is 19.5. The monoisotopic (exact) mass is 478 g/mol. The number of imidazole rings is 1. The van der Waals surface area contributed by atoms with Crippen molar-refractivity contribution in [2.45, 2.75) is 17.0 Å². The van der Waals surface area contributed by atoms with Crippen LogP contribution in [0.5, 0.6) is 0 Å². The summed E-state index contributed by atoms with van der Waals surface area (Å²) in [5.41, 5.74) is 1.18. The van der Waals surface area contributed by atoms with Crippen molar-refractivity contribution in [1.82, 2.24) is 19.2 Å². The number of aromatic nitrogens is 2. The summed E-state index contributed by atoms with van der Waals surface area (Å²) in [5.74, 6) is -0.642. The number of carbonyl (C=O) groups is 1. The highest BCUT2D eigenvalue weighted by Crippen LogP contribution is 2.32. The van der Waals surface area contributed by atoms with E-state index < -0.39 is 22.0 Å². The van der Waals surface area contributed by atoms with Crippen LogP contribution in [0.25, 0.3) is 0 Å². The van der Waals surface area contributed by atoms with Crippen molar-refractivity contribution in [2.24, 2.45) is 7.05 Å². The molecule has 1 aliphatic heterocycles. The molecule has 2 heterocycles. The number of nitrogens with one attached hydrogen (secondary N) is 1. The molecule has 31 heavy (non-hydrogen) atoms. The smallest absolute Gasteiger partial charge is 0.262 e. The fraction of sp³-hybridized carbons (Fsp3) is 0.238. The molecule has 1 fully saturated rings. The van der Waals surface area contributed by atoms with Crippen LogP contribution >= 0.6 is 23.2 Å². The Morgan fingerprint density at radius 1 is 1.10 bits per heavy atom. The third-order valence-corrected chi connectivity index (χ3v) is 7.85. The van der Waals surface area contributed by atoms with Gasteiger partial charge in [-0.2, -0.15) is 4.31 Å². The first-order valence-electron chi connectivity index (χ1n) is 9.55. The average Bonchev–Trinajstić information content (AvgIpc) is 3.38. The molecule has 1 amide bonds. The zero-order chi connectivity index (χ0) is 22.2. The van der Waals surface area contributed by atoms with Crippen LogP contribution in [0.3, 0.4) is 0 Å². The lowest BCUT2D eigenvalue weighted by molar-refractivity contribution is 0.0936. The summed E-state index contributed by atoms with van der Waals surface area (Å²) in [7, 11) is -2.10. The van der Waals surface area contributed by atoms with Crippen LogP contribution < -0.4 is 5.32 Å². The van der Waals surface area contributed by atoms with Crippen molar-refractivity contribution in [3.8, 4) is 0 Å². The first kappa shape index (κ1) is 21.8. The Morgan fingerprint density at radius 2 is 1.84 bits per heavy atom. The van der Waals surface area contributed by atoms with Gasteiger partial charge in [-0.05, 0) is 17.7 Å². The van der Waals surface area contributed by atoms with E-state index in [1.165, 1.54) is 16.8 Å². The molecule has 1 aliphatic rings. The van der Waals surface area contributed by atoms with E-state index in [1.807, 2.05) is 30.3 Å². The zero-order valence-electron chi connectivity index (χ0n) is 16.6. The SMILES string of the molecule is Cn1cnc(S(=O)(=O)N2CC(NC(=O)c3cccc(Cl)c3Cl)C(c3ccccc3)C2)c1. The maximum atomic E-state index is 13.1. The van der Waals surface area contributed by atoms with E-state index in [1.54, 1.807) is 29.8 Å². The first-order chi connectivity index (χ1) is 14.8. The predicted octanol–water partition coefficient (Wildman–Crippen LogP) is 3.31. The molecule has 1 saturated heterocycles. The largest absolute Gasteiger partial charge is 0.347 e. The quantitative estimate of drug-likeness (QED) is 0.609. The molecule has 7 nitrogen and oxygen atoms in total. The van der Waals surface area contributed by atoms with Gasteiger partial charge in [0.25, 0.3) is 15.9 Å². The molecular formula is C21H20Cl2N4O3S. The summed E-state index contributed by atoms with van der Waals surface area (Å²) >= 11 is 12.2. The molecule has 3 aromatic rings. The Morgan fingerprint density at radius 3 is 2.52 bits per heavy atom. The fourth-order valence-electron chi connectivity index (χ4n) is 3.73. The molecule has 1 N–H and O–H groups in total. The summed E-state index contributed by atoms with van der Waals surface area (Å²) in [6, 6.07) is 13.9. The van der Waals surface area contributed by atoms with Gasteiger partial charge in [0.15, 0.2) is 5.03 Å². The molecule has 2 atom stereocenters. The highest BCUT2D eigenvalue weighted by Gasteiger charge is 2.41. The number of sulfonamides is 1. The average molecular weight is 479 g/mol. The molecule has 1 aromatic heterocycles. The maximum Gasteiger partial charge on any atom is 0.262 e. The van der Waals surface area contributed by atoms with Crippen LogP contribution in [0.4, 0.5) is 0 Å². The number of carbonyl (C=O) groups excluding carboxylic acids is 1.